The van der Waals surface area contributed by atoms with Gasteiger partial charge in [0.2, 0.25) is 0 Å². The van der Waals surface area contributed by atoms with Crippen molar-refractivity contribution in [3.8, 4) is 0 Å². The molecule has 1 aromatic heterocycles. The number of aromatic nitrogens is 1. The number of likely N-dealkylation sites (tertiary alicyclic amines) is 2. The Labute approximate surface area is 261 Å². The average Bonchev–Trinajstić information content (AvgIpc) is 3.27. The van der Waals surface area contributed by atoms with Gasteiger partial charge in [0, 0.05) is 30.9 Å². The van der Waals surface area contributed by atoms with Crippen LogP contribution in [-0.2, 0) is 32.6 Å². The van der Waals surface area contributed by atoms with Crippen LogP contribution in [0.5, 0.6) is 0 Å². The Hall–Kier alpha value is -3.18. The molecule has 0 bridgehead atoms. The maximum absolute atomic E-state index is 13.0. The number of amides is 2. The van der Waals surface area contributed by atoms with E-state index in [1.165, 1.54) is 6.07 Å². The molecule has 44 heavy (non-hydrogen) atoms. The number of hydrogen-bond acceptors (Lipinski definition) is 7. The van der Waals surface area contributed by atoms with Crippen molar-refractivity contribution in [2.45, 2.75) is 95.9 Å². The zero-order valence-corrected chi connectivity index (χ0v) is 27.4. The molecule has 2 aliphatic rings. The number of rotatable bonds is 9. The van der Waals surface area contributed by atoms with Crippen LogP contribution in [0, 0.1) is 17.8 Å². The van der Waals surface area contributed by atoms with E-state index in [2.05, 4.69) is 18.8 Å². The summed E-state index contributed by atoms with van der Waals surface area (Å²) in [7, 11) is -4.41. The van der Waals surface area contributed by atoms with E-state index in [4.69, 9.17) is 9.47 Å². The second-order valence-electron chi connectivity index (χ2n) is 13.8. The minimum absolute atomic E-state index is 0.181. The highest BCUT2D eigenvalue weighted by Crippen LogP contribution is 2.39. The van der Waals surface area contributed by atoms with Crippen molar-refractivity contribution < 1.29 is 32.0 Å². The summed E-state index contributed by atoms with van der Waals surface area (Å²) in [6.45, 7) is 11.8. The monoisotopic (exact) mass is 629 g/mol. The molecule has 2 amide bonds. The van der Waals surface area contributed by atoms with Crippen molar-refractivity contribution in [1.82, 2.24) is 14.8 Å². The van der Waals surface area contributed by atoms with Crippen LogP contribution in [0.3, 0.4) is 0 Å². The molecule has 2 fully saturated rings. The largest absolute Gasteiger partial charge is 0.445 e. The summed E-state index contributed by atoms with van der Waals surface area (Å²) in [5.41, 5.74) is 0.662. The Morgan fingerprint density at radius 3 is 2.36 bits per heavy atom. The lowest BCUT2D eigenvalue weighted by molar-refractivity contribution is 0.0130. The van der Waals surface area contributed by atoms with E-state index in [9.17, 15) is 22.6 Å². The molecule has 0 radical (unpaired) electrons. The topological polar surface area (TPSA) is 126 Å². The Morgan fingerprint density at radius 1 is 1.05 bits per heavy atom. The summed E-state index contributed by atoms with van der Waals surface area (Å²) in [5.74, 6) is 0.770. The fraction of sp³-hybridized carbons (Fsp3) is 0.606. The molecular formula is C33H47N3O7S. The molecule has 1 N–H and O–H groups in total. The van der Waals surface area contributed by atoms with Crippen LogP contribution in [0.25, 0.3) is 0 Å². The van der Waals surface area contributed by atoms with Gasteiger partial charge in [-0.2, -0.15) is 8.42 Å². The molecule has 4 rings (SSSR count). The maximum Gasteiger partial charge on any atom is 0.410 e. The summed E-state index contributed by atoms with van der Waals surface area (Å²) in [5, 5.41) is -0.352. The molecule has 2 atom stereocenters. The van der Waals surface area contributed by atoms with Crippen LogP contribution in [0.15, 0.2) is 53.6 Å². The minimum Gasteiger partial charge on any atom is -0.445 e. The highest BCUT2D eigenvalue weighted by Gasteiger charge is 2.43. The first-order valence-electron chi connectivity index (χ1n) is 15.5. The molecule has 3 heterocycles. The predicted molar refractivity (Wildman–Crippen MR) is 167 cm³/mol. The fourth-order valence-electron chi connectivity index (χ4n) is 6.52. The summed E-state index contributed by atoms with van der Waals surface area (Å²) >= 11 is 0. The van der Waals surface area contributed by atoms with Crippen molar-refractivity contribution in [3.63, 3.8) is 0 Å². The van der Waals surface area contributed by atoms with Gasteiger partial charge in [-0.1, -0.05) is 36.4 Å². The highest BCUT2D eigenvalue weighted by atomic mass is 32.2. The second kappa shape index (κ2) is 13.9. The van der Waals surface area contributed by atoms with Crippen LogP contribution in [0.1, 0.15) is 78.0 Å². The number of benzene rings is 1. The van der Waals surface area contributed by atoms with E-state index in [0.29, 0.717) is 43.6 Å². The molecule has 11 heteroatoms. The van der Waals surface area contributed by atoms with Crippen molar-refractivity contribution in [3.05, 3.63) is 59.8 Å². The second-order valence-corrected chi connectivity index (χ2v) is 15.2. The fourth-order valence-corrected chi connectivity index (χ4v) is 7.00. The number of carbonyl (C=O) groups is 2. The van der Waals surface area contributed by atoms with E-state index in [1.54, 1.807) is 17.0 Å². The molecule has 2 aliphatic heterocycles. The van der Waals surface area contributed by atoms with Crippen molar-refractivity contribution in [1.29, 1.82) is 0 Å². The van der Waals surface area contributed by atoms with Gasteiger partial charge in [0.25, 0.3) is 0 Å². The van der Waals surface area contributed by atoms with Gasteiger partial charge in [-0.05, 0) is 109 Å². The quantitative estimate of drug-likeness (QED) is 0.318. The van der Waals surface area contributed by atoms with Crippen LogP contribution in [-0.4, -0.2) is 70.7 Å². The van der Waals surface area contributed by atoms with Gasteiger partial charge in [-0.3, -0.25) is 4.55 Å². The van der Waals surface area contributed by atoms with Crippen molar-refractivity contribution >= 4 is 22.3 Å². The van der Waals surface area contributed by atoms with Gasteiger partial charge in [0.05, 0.1) is 0 Å². The lowest BCUT2D eigenvalue weighted by Gasteiger charge is -2.36. The Bertz CT molecular complexity index is 1380. The van der Waals surface area contributed by atoms with E-state index in [1.807, 2.05) is 56.0 Å². The summed E-state index contributed by atoms with van der Waals surface area (Å²) < 4.78 is 44.3. The summed E-state index contributed by atoms with van der Waals surface area (Å²) in [6.07, 6.45) is 4.15. The molecule has 0 aliphatic carbocycles. The Balaban J connectivity index is 1.41. The number of piperidine rings is 1. The van der Waals surface area contributed by atoms with Gasteiger partial charge in [-0.15, -0.1) is 0 Å². The first-order chi connectivity index (χ1) is 20.6. The summed E-state index contributed by atoms with van der Waals surface area (Å²) in [6, 6.07) is 14.3. The first-order valence-corrected chi connectivity index (χ1v) is 16.9. The molecule has 242 valence electrons. The van der Waals surface area contributed by atoms with Crippen LogP contribution in [0.2, 0.25) is 0 Å². The van der Waals surface area contributed by atoms with Crippen LogP contribution >= 0.6 is 0 Å². The van der Waals surface area contributed by atoms with Gasteiger partial charge >= 0.3 is 22.3 Å². The number of pyridine rings is 1. The van der Waals surface area contributed by atoms with Crippen molar-refractivity contribution in [2.24, 2.45) is 17.8 Å². The molecular weight excluding hydrogens is 582 g/mol. The lowest BCUT2D eigenvalue weighted by Crippen LogP contribution is -2.45. The number of ether oxygens (including phenoxy) is 2. The van der Waals surface area contributed by atoms with Crippen molar-refractivity contribution in [2.75, 3.05) is 19.6 Å². The van der Waals surface area contributed by atoms with Gasteiger partial charge in [-0.25, -0.2) is 14.6 Å². The van der Waals surface area contributed by atoms with E-state index >= 15 is 0 Å². The highest BCUT2D eigenvalue weighted by molar-refractivity contribution is 7.85. The molecule has 0 spiro atoms. The van der Waals surface area contributed by atoms with Gasteiger partial charge in [0.15, 0.2) is 5.03 Å². The number of carbonyl (C=O) groups excluding carboxylic acids is 2. The molecule has 2 aromatic rings. The number of nitrogens with zero attached hydrogens (tertiary/aromatic N) is 3. The molecule has 0 saturated carbocycles. The Morgan fingerprint density at radius 2 is 1.73 bits per heavy atom. The molecule has 10 nitrogen and oxygen atoms in total. The lowest BCUT2D eigenvalue weighted by atomic mass is 9.77. The molecule has 2 saturated heterocycles. The van der Waals surface area contributed by atoms with Gasteiger partial charge < -0.3 is 19.3 Å². The average molecular weight is 630 g/mol. The third-order valence-corrected chi connectivity index (χ3v) is 9.46. The third kappa shape index (κ3) is 9.41. The van der Waals surface area contributed by atoms with E-state index in [-0.39, 0.29) is 35.3 Å². The zero-order valence-electron chi connectivity index (χ0n) is 26.6. The predicted octanol–water partition coefficient (Wildman–Crippen LogP) is 6.35. The van der Waals surface area contributed by atoms with Gasteiger partial charge in [0.1, 0.15) is 12.2 Å². The standard InChI is InChI=1S/C33H47N3O7S/c1-32(2,3)43-31(38)36-22-25(21-33(36,4)5)14-15-27(20-28-12-9-13-29(34-28)44(39,40)41)26-16-18-35(19-17-26)30(37)42-23-24-10-7-6-8-11-24/h6-13,25-27H,14-23H2,1-5H3,(H,39,40,41)/t25-,27?/m0/s1. The third-order valence-electron chi connectivity index (χ3n) is 8.71. The van der Waals surface area contributed by atoms with E-state index < -0.39 is 15.7 Å². The van der Waals surface area contributed by atoms with Crippen LogP contribution < -0.4 is 0 Å². The zero-order chi connectivity index (χ0) is 32.1. The smallest absolute Gasteiger partial charge is 0.410 e. The van der Waals surface area contributed by atoms with E-state index in [0.717, 1.165) is 37.7 Å². The SMILES string of the molecule is CC(C)(C)OC(=O)N1C[C@@H](CCC(Cc2cccc(S(=O)(=O)O)n2)C2CCN(C(=O)OCc3ccccc3)CC2)CC1(C)C. The minimum atomic E-state index is -4.41. The Kier molecular flexibility index (Phi) is 10.6. The molecule has 1 aromatic carbocycles. The normalized spacial score (nSPS) is 19.9. The number of hydrogen-bond donors (Lipinski definition) is 1. The molecule has 1 unspecified atom stereocenters. The first kappa shape index (κ1) is 33.7. The van der Waals surface area contributed by atoms with Crippen LogP contribution in [0.4, 0.5) is 9.59 Å². The summed E-state index contributed by atoms with van der Waals surface area (Å²) in [4.78, 5) is 33.6. The maximum atomic E-state index is 13.0.